The first-order valence-electron chi connectivity index (χ1n) is 10.0. The SMILES string of the molecule is NC(=O)C1=C(C(=O)Nc2ccc(Cl)cn2)N=CCN1c1ccc(-c2cc[nH]c(=O)c2C=O)cc1F. The number of nitrogens with one attached hydrogen (secondary N) is 2. The highest BCUT2D eigenvalue weighted by molar-refractivity contribution is 6.30. The lowest BCUT2D eigenvalue weighted by molar-refractivity contribution is -0.116. The molecule has 176 valence electrons. The molecule has 2 amide bonds. The van der Waals surface area contributed by atoms with Crippen LogP contribution in [0.4, 0.5) is 15.9 Å². The van der Waals surface area contributed by atoms with Crippen molar-refractivity contribution in [3.63, 3.8) is 0 Å². The number of primary amides is 1. The second kappa shape index (κ2) is 9.69. The monoisotopic (exact) mass is 494 g/mol. The molecule has 10 nitrogen and oxygen atoms in total. The molecule has 0 bridgehead atoms. The van der Waals surface area contributed by atoms with Gasteiger partial charge in [0.2, 0.25) is 0 Å². The van der Waals surface area contributed by atoms with Crippen LogP contribution in [0.1, 0.15) is 10.4 Å². The molecule has 0 fully saturated rings. The summed E-state index contributed by atoms with van der Waals surface area (Å²) in [5.41, 5.74) is 4.54. The number of H-pyrrole nitrogens is 1. The number of hydrogen-bond acceptors (Lipinski definition) is 7. The molecule has 0 aliphatic carbocycles. The molecule has 0 saturated carbocycles. The minimum atomic E-state index is -1.00. The molecule has 12 heteroatoms. The Morgan fingerprint density at radius 1 is 1.23 bits per heavy atom. The first kappa shape index (κ1) is 23.5. The zero-order valence-corrected chi connectivity index (χ0v) is 18.5. The summed E-state index contributed by atoms with van der Waals surface area (Å²) >= 11 is 5.79. The van der Waals surface area contributed by atoms with Gasteiger partial charge < -0.3 is 20.9 Å². The summed E-state index contributed by atoms with van der Waals surface area (Å²) in [5, 5.41) is 2.85. The van der Waals surface area contributed by atoms with E-state index in [1.54, 1.807) is 0 Å². The number of hydrogen-bond donors (Lipinski definition) is 3. The van der Waals surface area contributed by atoms with E-state index in [-0.39, 0.29) is 46.1 Å². The summed E-state index contributed by atoms with van der Waals surface area (Å²) in [6.45, 7) is -0.0465. The number of nitrogens with two attached hydrogens (primary N) is 1. The van der Waals surface area contributed by atoms with Crippen LogP contribution in [-0.4, -0.2) is 40.8 Å². The van der Waals surface area contributed by atoms with Crippen molar-refractivity contribution < 1.29 is 18.8 Å². The molecule has 1 aliphatic rings. The molecule has 3 aromatic rings. The highest BCUT2D eigenvalue weighted by Crippen LogP contribution is 2.31. The molecule has 35 heavy (non-hydrogen) atoms. The van der Waals surface area contributed by atoms with Crippen LogP contribution in [0, 0.1) is 5.82 Å². The number of nitrogens with zero attached hydrogens (tertiary/aromatic N) is 3. The second-order valence-corrected chi connectivity index (χ2v) is 7.65. The zero-order chi connectivity index (χ0) is 25.1. The van der Waals surface area contributed by atoms with E-state index in [1.807, 2.05) is 0 Å². The standard InChI is InChI=1S/C23H16ClFN6O4/c24-13-2-4-18(29-10-13)30-23(35)19-20(21(26)33)31(8-7-27-19)17-3-1-12(9-16(17)25)14-5-6-28-22(34)15(14)11-32/h1-7,9-11H,8H2,(H2,26,33)(H,28,34)(H,29,30,35). The van der Waals surface area contributed by atoms with Crippen molar-refractivity contribution in [1.82, 2.24) is 9.97 Å². The van der Waals surface area contributed by atoms with Crippen molar-refractivity contribution in [2.75, 3.05) is 16.8 Å². The lowest BCUT2D eigenvalue weighted by atomic mass is 10.0. The Bertz CT molecular complexity index is 1470. The minimum Gasteiger partial charge on any atom is -0.364 e. The number of carbonyl (C=O) groups is 3. The number of rotatable bonds is 6. The number of aldehydes is 1. The van der Waals surface area contributed by atoms with Crippen LogP contribution in [0.5, 0.6) is 0 Å². The third-order valence-electron chi connectivity index (χ3n) is 5.06. The van der Waals surface area contributed by atoms with E-state index in [0.717, 1.165) is 6.07 Å². The first-order valence-corrected chi connectivity index (χ1v) is 10.4. The predicted molar refractivity (Wildman–Crippen MR) is 128 cm³/mol. The summed E-state index contributed by atoms with van der Waals surface area (Å²) in [6.07, 6.45) is 4.37. The Morgan fingerprint density at radius 3 is 2.69 bits per heavy atom. The highest BCUT2D eigenvalue weighted by Gasteiger charge is 2.29. The van der Waals surface area contributed by atoms with Gasteiger partial charge in [-0.25, -0.2) is 9.37 Å². The Morgan fingerprint density at radius 2 is 2.03 bits per heavy atom. The summed E-state index contributed by atoms with van der Waals surface area (Å²) in [7, 11) is 0. The molecular weight excluding hydrogens is 479 g/mol. The van der Waals surface area contributed by atoms with E-state index in [0.29, 0.717) is 11.3 Å². The fourth-order valence-corrected chi connectivity index (χ4v) is 3.62. The first-order chi connectivity index (χ1) is 16.8. The Kier molecular flexibility index (Phi) is 6.51. The van der Waals surface area contributed by atoms with Crippen LogP contribution >= 0.6 is 11.6 Å². The van der Waals surface area contributed by atoms with Crippen LogP contribution in [0.15, 0.2) is 70.0 Å². The maximum atomic E-state index is 15.2. The van der Waals surface area contributed by atoms with Gasteiger partial charge in [0.1, 0.15) is 17.3 Å². The third kappa shape index (κ3) is 4.70. The van der Waals surface area contributed by atoms with Gasteiger partial charge in [0, 0.05) is 18.6 Å². The van der Waals surface area contributed by atoms with Gasteiger partial charge >= 0.3 is 0 Å². The molecule has 0 spiro atoms. The van der Waals surface area contributed by atoms with Gasteiger partial charge in [-0.05, 0) is 41.5 Å². The number of aromatic amines is 1. The summed E-state index contributed by atoms with van der Waals surface area (Å²) < 4.78 is 15.2. The number of benzene rings is 1. The molecule has 0 saturated heterocycles. The maximum absolute atomic E-state index is 15.2. The van der Waals surface area contributed by atoms with Gasteiger partial charge in [-0.2, -0.15) is 0 Å². The van der Waals surface area contributed by atoms with Gasteiger partial charge in [0.25, 0.3) is 17.4 Å². The molecule has 4 N–H and O–H groups in total. The summed E-state index contributed by atoms with van der Waals surface area (Å²) in [6, 6.07) is 8.36. The molecule has 4 rings (SSSR count). The fourth-order valence-electron chi connectivity index (χ4n) is 3.51. The van der Waals surface area contributed by atoms with Crippen molar-refractivity contribution in [1.29, 1.82) is 0 Å². The van der Waals surface area contributed by atoms with Crippen molar-refractivity contribution in [2.45, 2.75) is 0 Å². The van der Waals surface area contributed by atoms with E-state index < -0.39 is 23.2 Å². The smallest absolute Gasteiger partial charge is 0.277 e. The molecule has 1 aromatic carbocycles. The second-order valence-electron chi connectivity index (χ2n) is 7.22. The number of carbonyl (C=O) groups excluding carboxylic acids is 3. The maximum Gasteiger partial charge on any atom is 0.277 e. The van der Waals surface area contributed by atoms with Crippen LogP contribution < -0.4 is 21.5 Å². The summed E-state index contributed by atoms with van der Waals surface area (Å²) in [4.78, 5) is 59.9. The topological polar surface area (TPSA) is 151 Å². The quantitative estimate of drug-likeness (QED) is 0.447. The van der Waals surface area contributed by atoms with Gasteiger partial charge in [-0.3, -0.25) is 24.2 Å². The van der Waals surface area contributed by atoms with Crippen molar-refractivity contribution in [3.8, 4) is 11.1 Å². The number of pyridine rings is 2. The largest absolute Gasteiger partial charge is 0.364 e. The molecule has 0 unspecified atom stereocenters. The minimum absolute atomic E-state index is 0.0465. The van der Waals surface area contributed by atoms with E-state index in [4.69, 9.17) is 17.3 Å². The Balaban J connectivity index is 1.72. The zero-order valence-electron chi connectivity index (χ0n) is 17.8. The number of amides is 2. The van der Waals surface area contributed by atoms with E-state index in [2.05, 4.69) is 20.3 Å². The van der Waals surface area contributed by atoms with Crippen LogP contribution in [0.25, 0.3) is 11.1 Å². The number of anilines is 2. The number of aliphatic imine (C=N–C) groups is 1. The van der Waals surface area contributed by atoms with Gasteiger partial charge in [0.15, 0.2) is 12.0 Å². The lowest BCUT2D eigenvalue weighted by Crippen LogP contribution is -2.38. The molecule has 1 aliphatic heterocycles. The van der Waals surface area contributed by atoms with Crippen molar-refractivity contribution >= 4 is 47.4 Å². The molecular formula is C23H16ClFN6O4. The average molecular weight is 495 g/mol. The van der Waals surface area contributed by atoms with Gasteiger partial charge in [-0.1, -0.05) is 17.7 Å². The molecule has 2 aromatic heterocycles. The Hall–Kier alpha value is -4.64. The predicted octanol–water partition coefficient (Wildman–Crippen LogP) is 2.27. The van der Waals surface area contributed by atoms with E-state index in [1.165, 1.54) is 53.8 Å². The van der Waals surface area contributed by atoms with Gasteiger partial charge in [-0.15, -0.1) is 0 Å². The van der Waals surface area contributed by atoms with Crippen molar-refractivity contribution in [3.05, 3.63) is 86.9 Å². The van der Waals surface area contributed by atoms with Crippen LogP contribution in [-0.2, 0) is 9.59 Å². The van der Waals surface area contributed by atoms with E-state index in [9.17, 15) is 19.2 Å². The third-order valence-corrected chi connectivity index (χ3v) is 5.29. The molecule has 3 heterocycles. The summed E-state index contributed by atoms with van der Waals surface area (Å²) in [5.74, 6) is -2.42. The normalized spacial score (nSPS) is 13.0. The lowest BCUT2D eigenvalue weighted by Gasteiger charge is -2.28. The van der Waals surface area contributed by atoms with E-state index >= 15 is 4.39 Å². The number of halogens is 2. The van der Waals surface area contributed by atoms with Crippen molar-refractivity contribution in [2.24, 2.45) is 10.7 Å². The van der Waals surface area contributed by atoms with Crippen LogP contribution in [0.3, 0.4) is 0 Å². The molecule has 0 atom stereocenters. The number of aromatic nitrogens is 2. The highest BCUT2D eigenvalue weighted by atomic mass is 35.5. The van der Waals surface area contributed by atoms with Crippen LogP contribution in [0.2, 0.25) is 5.02 Å². The fraction of sp³-hybridized carbons (Fsp3) is 0.0435. The average Bonchev–Trinajstić information content (AvgIpc) is 2.84. The van der Waals surface area contributed by atoms with Gasteiger partial charge in [0.05, 0.1) is 22.8 Å². The molecule has 0 radical (unpaired) electrons. The Labute approximate surface area is 202 Å².